The Morgan fingerprint density at radius 2 is 1.65 bits per heavy atom. The molecule has 1 aromatic heterocycles. The zero-order valence-electron chi connectivity index (χ0n) is 15.3. The van der Waals surface area contributed by atoms with E-state index in [1.54, 1.807) is 0 Å². The van der Waals surface area contributed by atoms with Crippen molar-refractivity contribution in [3.05, 3.63) is 77.9 Å². The van der Waals surface area contributed by atoms with Gasteiger partial charge < -0.3 is 4.90 Å². The van der Waals surface area contributed by atoms with Crippen molar-refractivity contribution in [1.82, 2.24) is 9.88 Å². The van der Waals surface area contributed by atoms with Crippen LogP contribution in [0.15, 0.2) is 66.7 Å². The highest BCUT2D eigenvalue weighted by molar-refractivity contribution is 5.83. The van der Waals surface area contributed by atoms with Crippen LogP contribution in [0.2, 0.25) is 0 Å². The van der Waals surface area contributed by atoms with Gasteiger partial charge in [-0.1, -0.05) is 60.7 Å². The van der Waals surface area contributed by atoms with Gasteiger partial charge in [-0.05, 0) is 30.2 Å². The Bertz CT molecular complexity index is 894. The van der Waals surface area contributed by atoms with Crippen molar-refractivity contribution in [3.8, 4) is 0 Å². The smallest absolute Gasteiger partial charge is 0.129 e. The average Bonchev–Trinajstić information content (AvgIpc) is 2.69. The van der Waals surface area contributed by atoms with E-state index in [-0.39, 0.29) is 0 Å². The van der Waals surface area contributed by atoms with Crippen LogP contribution in [0.4, 0.5) is 5.82 Å². The van der Waals surface area contributed by atoms with Crippen LogP contribution in [0.3, 0.4) is 0 Å². The van der Waals surface area contributed by atoms with E-state index < -0.39 is 0 Å². The molecule has 0 unspecified atom stereocenters. The minimum atomic E-state index is 1.01. The molecule has 0 saturated carbocycles. The quantitative estimate of drug-likeness (QED) is 0.701. The number of hydrogen-bond acceptors (Lipinski definition) is 3. The normalized spacial score (nSPS) is 15.8. The number of hydrogen-bond donors (Lipinski definition) is 0. The van der Waals surface area contributed by atoms with Crippen LogP contribution in [0, 0.1) is 6.92 Å². The topological polar surface area (TPSA) is 19.4 Å². The minimum Gasteiger partial charge on any atom is -0.354 e. The van der Waals surface area contributed by atoms with Gasteiger partial charge in [-0.2, -0.15) is 0 Å². The fourth-order valence-electron chi connectivity index (χ4n) is 3.56. The maximum absolute atomic E-state index is 4.88. The van der Waals surface area contributed by atoms with Gasteiger partial charge in [0.05, 0.1) is 5.52 Å². The molecule has 4 rings (SSSR count). The third-order valence-electron chi connectivity index (χ3n) is 5.08. The second-order valence-electron chi connectivity index (χ2n) is 6.92. The van der Waals surface area contributed by atoms with Gasteiger partial charge in [0.2, 0.25) is 0 Å². The summed E-state index contributed by atoms with van der Waals surface area (Å²) in [4.78, 5) is 9.80. The second kappa shape index (κ2) is 7.71. The summed E-state index contributed by atoms with van der Waals surface area (Å²) in [6, 6.07) is 21.1. The van der Waals surface area contributed by atoms with Crippen molar-refractivity contribution in [2.45, 2.75) is 6.92 Å². The Hall–Kier alpha value is -2.65. The highest BCUT2D eigenvalue weighted by atomic mass is 15.3. The zero-order chi connectivity index (χ0) is 17.8. The molecule has 0 amide bonds. The molecule has 2 heterocycles. The molecular weight excluding hydrogens is 318 g/mol. The summed E-state index contributed by atoms with van der Waals surface area (Å²) in [6.07, 6.45) is 4.48. The third-order valence-corrected chi connectivity index (χ3v) is 5.08. The fourth-order valence-corrected chi connectivity index (χ4v) is 3.56. The number of nitrogens with zero attached hydrogens (tertiary/aromatic N) is 3. The van der Waals surface area contributed by atoms with E-state index in [1.165, 1.54) is 16.5 Å². The van der Waals surface area contributed by atoms with E-state index in [1.807, 2.05) is 0 Å². The van der Waals surface area contributed by atoms with E-state index in [0.29, 0.717) is 0 Å². The van der Waals surface area contributed by atoms with E-state index in [2.05, 4.69) is 89.5 Å². The lowest BCUT2D eigenvalue weighted by Gasteiger charge is -2.35. The largest absolute Gasteiger partial charge is 0.354 e. The van der Waals surface area contributed by atoms with Gasteiger partial charge in [0.1, 0.15) is 5.82 Å². The second-order valence-corrected chi connectivity index (χ2v) is 6.92. The summed E-state index contributed by atoms with van der Waals surface area (Å²) in [5.41, 5.74) is 3.66. The predicted octanol–water partition coefficient (Wildman–Crippen LogP) is 4.38. The number of aromatic nitrogens is 1. The van der Waals surface area contributed by atoms with Crippen LogP contribution in [0.25, 0.3) is 17.0 Å². The first-order valence-electron chi connectivity index (χ1n) is 9.35. The number of rotatable bonds is 4. The maximum atomic E-state index is 4.88. The van der Waals surface area contributed by atoms with Crippen LogP contribution in [0.5, 0.6) is 0 Å². The van der Waals surface area contributed by atoms with E-state index in [9.17, 15) is 0 Å². The number of piperazine rings is 1. The molecular formula is C23H25N3. The van der Waals surface area contributed by atoms with E-state index >= 15 is 0 Å². The molecule has 1 fully saturated rings. The summed E-state index contributed by atoms with van der Waals surface area (Å²) in [6.45, 7) is 7.40. The third kappa shape index (κ3) is 3.78. The minimum absolute atomic E-state index is 1.01. The van der Waals surface area contributed by atoms with Crippen molar-refractivity contribution >= 4 is 22.8 Å². The first-order chi connectivity index (χ1) is 12.8. The standard InChI is InChI=1S/C23H25N3/c1-19-18-23(24-22-12-6-5-11-21(19)22)26-16-14-25(15-17-26)13-7-10-20-8-3-2-4-9-20/h2-12,18H,13-17H2,1H3/b10-7+. The van der Waals surface area contributed by atoms with Gasteiger partial charge >= 0.3 is 0 Å². The molecule has 2 aromatic carbocycles. The number of pyridine rings is 1. The summed E-state index contributed by atoms with van der Waals surface area (Å²) in [5.74, 6) is 1.11. The van der Waals surface area contributed by atoms with E-state index in [4.69, 9.17) is 4.98 Å². The number of para-hydroxylation sites is 1. The van der Waals surface area contributed by atoms with Crippen molar-refractivity contribution in [1.29, 1.82) is 0 Å². The van der Waals surface area contributed by atoms with Gasteiger partial charge in [-0.15, -0.1) is 0 Å². The molecule has 3 nitrogen and oxygen atoms in total. The summed E-state index contributed by atoms with van der Waals surface area (Å²) < 4.78 is 0. The van der Waals surface area contributed by atoms with Crippen LogP contribution in [-0.4, -0.2) is 42.6 Å². The Labute approximate surface area is 155 Å². The number of fused-ring (bicyclic) bond motifs is 1. The lowest BCUT2D eigenvalue weighted by atomic mass is 10.1. The lowest BCUT2D eigenvalue weighted by Crippen LogP contribution is -2.46. The van der Waals surface area contributed by atoms with Gasteiger partial charge in [0.15, 0.2) is 0 Å². The molecule has 0 aliphatic carbocycles. The molecule has 0 N–H and O–H groups in total. The first-order valence-corrected chi connectivity index (χ1v) is 9.35. The Morgan fingerprint density at radius 1 is 0.923 bits per heavy atom. The molecule has 1 aliphatic heterocycles. The van der Waals surface area contributed by atoms with Crippen molar-refractivity contribution in [2.75, 3.05) is 37.6 Å². The van der Waals surface area contributed by atoms with Crippen molar-refractivity contribution in [3.63, 3.8) is 0 Å². The van der Waals surface area contributed by atoms with Crippen molar-refractivity contribution < 1.29 is 0 Å². The predicted molar refractivity (Wildman–Crippen MR) is 111 cm³/mol. The van der Waals surface area contributed by atoms with Crippen molar-refractivity contribution in [2.24, 2.45) is 0 Å². The maximum Gasteiger partial charge on any atom is 0.129 e. The van der Waals surface area contributed by atoms with E-state index in [0.717, 1.165) is 44.1 Å². The summed E-state index contributed by atoms with van der Waals surface area (Å²) in [5, 5.41) is 1.25. The highest BCUT2D eigenvalue weighted by Crippen LogP contribution is 2.23. The summed E-state index contributed by atoms with van der Waals surface area (Å²) >= 11 is 0. The molecule has 1 aliphatic rings. The van der Waals surface area contributed by atoms with Gasteiger partial charge in [-0.25, -0.2) is 4.98 Å². The molecule has 132 valence electrons. The van der Waals surface area contributed by atoms with Crippen LogP contribution < -0.4 is 4.90 Å². The Balaban J connectivity index is 1.37. The van der Waals surface area contributed by atoms with Crippen LogP contribution in [0.1, 0.15) is 11.1 Å². The monoisotopic (exact) mass is 343 g/mol. The van der Waals surface area contributed by atoms with Gasteiger partial charge in [0.25, 0.3) is 0 Å². The zero-order valence-corrected chi connectivity index (χ0v) is 15.3. The average molecular weight is 343 g/mol. The van der Waals surface area contributed by atoms with Gasteiger partial charge in [0, 0.05) is 38.1 Å². The highest BCUT2D eigenvalue weighted by Gasteiger charge is 2.17. The first kappa shape index (κ1) is 16.8. The molecule has 3 heteroatoms. The Kier molecular flexibility index (Phi) is 4.98. The molecule has 0 bridgehead atoms. The lowest BCUT2D eigenvalue weighted by molar-refractivity contribution is 0.284. The van der Waals surface area contributed by atoms with Crippen LogP contribution in [-0.2, 0) is 0 Å². The number of anilines is 1. The summed E-state index contributed by atoms with van der Waals surface area (Å²) in [7, 11) is 0. The molecule has 0 radical (unpaired) electrons. The molecule has 1 saturated heterocycles. The Morgan fingerprint density at radius 3 is 2.46 bits per heavy atom. The number of aryl methyl sites for hydroxylation is 1. The number of benzene rings is 2. The molecule has 0 atom stereocenters. The van der Waals surface area contributed by atoms with Crippen LogP contribution >= 0.6 is 0 Å². The molecule has 0 spiro atoms. The fraction of sp³-hybridized carbons (Fsp3) is 0.261. The molecule has 3 aromatic rings. The molecule has 26 heavy (non-hydrogen) atoms. The SMILES string of the molecule is Cc1cc(N2CCN(C/C=C/c3ccccc3)CC2)nc2ccccc12. The van der Waals surface area contributed by atoms with Gasteiger partial charge in [-0.3, -0.25) is 4.90 Å².